The number of nitrogens with zero attached hydrogens (tertiary/aromatic N) is 3. The van der Waals surface area contributed by atoms with Gasteiger partial charge in [-0.05, 0) is 25.0 Å². The highest BCUT2D eigenvalue weighted by Crippen LogP contribution is 2.18. The Hall–Kier alpha value is -2.57. The zero-order valence-corrected chi connectivity index (χ0v) is 14.5. The van der Waals surface area contributed by atoms with Crippen LogP contribution in [0.1, 0.15) is 26.2 Å². The predicted octanol–water partition coefficient (Wildman–Crippen LogP) is 0.937. The van der Waals surface area contributed by atoms with Gasteiger partial charge in [0.2, 0.25) is 11.8 Å². The number of primary amides is 1. The van der Waals surface area contributed by atoms with Crippen molar-refractivity contribution < 1.29 is 9.59 Å². The van der Waals surface area contributed by atoms with Crippen LogP contribution in [-0.4, -0.2) is 38.9 Å². The molecule has 25 heavy (non-hydrogen) atoms. The lowest BCUT2D eigenvalue weighted by molar-refractivity contribution is -0.130. The molecule has 2 aromatic rings. The number of imidazole rings is 1. The van der Waals surface area contributed by atoms with Gasteiger partial charge in [-0.15, -0.1) is 0 Å². The SMILES string of the molecule is CCCn1c(=O)n(CCC(=O)N2CC[C@@H](C(N)=O)C2)c2ccccc21. The summed E-state index contributed by atoms with van der Waals surface area (Å²) in [4.78, 5) is 38.0. The third-order valence-corrected chi connectivity index (χ3v) is 4.86. The molecule has 2 heterocycles. The fourth-order valence-electron chi connectivity index (χ4n) is 3.51. The van der Waals surface area contributed by atoms with Crippen LogP contribution in [0.25, 0.3) is 11.0 Å². The molecule has 0 bridgehead atoms. The van der Waals surface area contributed by atoms with Crippen molar-refractivity contribution in [2.24, 2.45) is 11.7 Å². The summed E-state index contributed by atoms with van der Waals surface area (Å²) in [7, 11) is 0. The third-order valence-electron chi connectivity index (χ3n) is 4.86. The molecule has 1 aliphatic heterocycles. The van der Waals surface area contributed by atoms with Gasteiger partial charge in [0.05, 0.1) is 17.0 Å². The Bertz CT molecular complexity index is 852. The maximum atomic E-state index is 12.7. The quantitative estimate of drug-likeness (QED) is 0.845. The number of para-hydroxylation sites is 2. The Labute approximate surface area is 146 Å². The number of hydrogen-bond acceptors (Lipinski definition) is 3. The van der Waals surface area contributed by atoms with E-state index in [0.717, 1.165) is 17.5 Å². The van der Waals surface area contributed by atoms with Crippen molar-refractivity contribution in [3.63, 3.8) is 0 Å². The van der Waals surface area contributed by atoms with E-state index in [1.165, 1.54) is 0 Å². The molecule has 2 amide bonds. The van der Waals surface area contributed by atoms with Gasteiger partial charge >= 0.3 is 5.69 Å². The molecule has 1 fully saturated rings. The van der Waals surface area contributed by atoms with Gasteiger partial charge < -0.3 is 10.6 Å². The van der Waals surface area contributed by atoms with E-state index in [-0.39, 0.29) is 29.8 Å². The second-order valence-corrected chi connectivity index (χ2v) is 6.55. The number of fused-ring (bicyclic) bond motifs is 1. The van der Waals surface area contributed by atoms with Crippen LogP contribution in [0.15, 0.2) is 29.1 Å². The summed E-state index contributed by atoms with van der Waals surface area (Å²) in [5, 5.41) is 0. The summed E-state index contributed by atoms with van der Waals surface area (Å²) in [6, 6.07) is 7.65. The van der Waals surface area contributed by atoms with Crippen LogP contribution in [-0.2, 0) is 22.7 Å². The highest BCUT2D eigenvalue weighted by Gasteiger charge is 2.29. The van der Waals surface area contributed by atoms with E-state index in [1.807, 2.05) is 31.2 Å². The molecular weight excluding hydrogens is 320 g/mol. The van der Waals surface area contributed by atoms with Crippen molar-refractivity contribution in [3.8, 4) is 0 Å². The largest absolute Gasteiger partial charge is 0.369 e. The van der Waals surface area contributed by atoms with Gasteiger partial charge in [-0.25, -0.2) is 4.79 Å². The molecule has 1 saturated heterocycles. The highest BCUT2D eigenvalue weighted by molar-refractivity contribution is 5.81. The number of carbonyl (C=O) groups is 2. The Morgan fingerprint density at radius 2 is 1.80 bits per heavy atom. The van der Waals surface area contributed by atoms with Crippen molar-refractivity contribution in [2.75, 3.05) is 13.1 Å². The van der Waals surface area contributed by atoms with E-state index in [2.05, 4.69) is 0 Å². The number of amides is 2. The van der Waals surface area contributed by atoms with Crippen molar-refractivity contribution in [1.29, 1.82) is 0 Å². The molecule has 0 unspecified atom stereocenters. The highest BCUT2D eigenvalue weighted by atomic mass is 16.2. The van der Waals surface area contributed by atoms with Crippen LogP contribution in [0.3, 0.4) is 0 Å². The minimum absolute atomic E-state index is 0.0389. The number of rotatable bonds is 6. The van der Waals surface area contributed by atoms with Gasteiger partial charge in [0.25, 0.3) is 0 Å². The number of benzene rings is 1. The first kappa shape index (κ1) is 17.3. The minimum atomic E-state index is -0.353. The smallest absolute Gasteiger partial charge is 0.329 e. The second-order valence-electron chi connectivity index (χ2n) is 6.55. The first-order valence-corrected chi connectivity index (χ1v) is 8.78. The van der Waals surface area contributed by atoms with E-state index in [0.29, 0.717) is 32.6 Å². The van der Waals surface area contributed by atoms with E-state index in [9.17, 15) is 14.4 Å². The van der Waals surface area contributed by atoms with Crippen LogP contribution >= 0.6 is 0 Å². The zero-order chi connectivity index (χ0) is 18.0. The van der Waals surface area contributed by atoms with E-state index >= 15 is 0 Å². The Kier molecular flexibility index (Phi) is 4.92. The first-order valence-electron chi connectivity index (χ1n) is 8.78. The van der Waals surface area contributed by atoms with Crippen LogP contribution in [0.5, 0.6) is 0 Å². The number of nitrogens with two attached hydrogens (primary N) is 1. The third kappa shape index (κ3) is 3.31. The van der Waals surface area contributed by atoms with Crippen LogP contribution in [0.4, 0.5) is 0 Å². The van der Waals surface area contributed by atoms with Gasteiger partial charge in [-0.3, -0.25) is 18.7 Å². The summed E-state index contributed by atoms with van der Waals surface area (Å²) >= 11 is 0. The van der Waals surface area contributed by atoms with Gasteiger partial charge in [0, 0.05) is 32.6 Å². The maximum Gasteiger partial charge on any atom is 0.329 e. The lowest BCUT2D eigenvalue weighted by atomic mass is 10.1. The van der Waals surface area contributed by atoms with Crippen molar-refractivity contribution >= 4 is 22.8 Å². The van der Waals surface area contributed by atoms with Crippen molar-refractivity contribution in [3.05, 3.63) is 34.7 Å². The van der Waals surface area contributed by atoms with E-state index < -0.39 is 0 Å². The summed E-state index contributed by atoms with van der Waals surface area (Å²) in [5.74, 6) is -0.643. The van der Waals surface area contributed by atoms with Crippen LogP contribution in [0, 0.1) is 5.92 Å². The van der Waals surface area contributed by atoms with Crippen LogP contribution < -0.4 is 11.4 Å². The molecule has 1 atom stereocenters. The maximum absolute atomic E-state index is 12.7. The average Bonchev–Trinajstić information content (AvgIpc) is 3.19. The molecule has 0 spiro atoms. The molecule has 0 aliphatic carbocycles. The normalized spacial score (nSPS) is 17.3. The predicted molar refractivity (Wildman–Crippen MR) is 95.0 cm³/mol. The van der Waals surface area contributed by atoms with E-state index in [1.54, 1.807) is 14.0 Å². The average molecular weight is 344 g/mol. The molecular formula is C18H24N4O3. The molecule has 134 valence electrons. The molecule has 1 aliphatic rings. The van der Waals surface area contributed by atoms with Gasteiger partial charge in [0.15, 0.2) is 0 Å². The van der Waals surface area contributed by atoms with E-state index in [4.69, 9.17) is 5.73 Å². The fourth-order valence-corrected chi connectivity index (χ4v) is 3.51. The number of aromatic nitrogens is 2. The fraction of sp³-hybridized carbons (Fsp3) is 0.500. The van der Waals surface area contributed by atoms with Gasteiger partial charge in [-0.2, -0.15) is 0 Å². The Morgan fingerprint density at radius 3 is 2.36 bits per heavy atom. The summed E-state index contributed by atoms with van der Waals surface area (Å²) in [6.07, 6.45) is 1.73. The molecule has 7 heteroatoms. The molecule has 0 saturated carbocycles. The van der Waals surface area contributed by atoms with Crippen LogP contribution in [0.2, 0.25) is 0 Å². The van der Waals surface area contributed by atoms with Gasteiger partial charge in [-0.1, -0.05) is 19.1 Å². The van der Waals surface area contributed by atoms with Crippen molar-refractivity contribution in [1.82, 2.24) is 14.0 Å². The van der Waals surface area contributed by atoms with Gasteiger partial charge in [0.1, 0.15) is 0 Å². The molecule has 0 radical (unpaired) electrons. The summed E-state index contributed by atoms with van der Waals surface area (Å²) in [6.45, 7) is 3.98. The first-order chi connectivity index (χ1) is 12.0. The Balaban J connectivity index is 1.75. The molecule has 2 N–H and O–H groups in total. The second kappa shape index (κ2) is 7.13. The lowest BCUT2D eigenvalue weighted by Crippen LogP contribution is -2.33. The molecule has 3 rings (SSSR count). The zero-order valence-electron chi connectivity index (χ0n) is 14.5. The monoisotopic (exact) mass is 344 g/mol. The number of hydrogen-bond donors (Lipinski definition) is 1. The minimum Gasteiger partial charge on any atom is -0.369 e. The molecule has 7 nitrogen and oxygen atoms in total. The number of likely N-dealkylation sites (tertiary alicyclic amines) is 1. The molecule has 1 aromatic heterocycles. The number of aryl methyl sites for hydroxylation is 2. The summed E-state index contributed by atoms with van der Waals surface area (Å²) in [5.41, 5.74) is 6.99. The standard InChI is InChI=1S/C18H24N4O3/c1-2-9-21-14-5-3-4-6-15(14)22(18(21)25)11-8-16(23)20-10-7-13(12-20)17(19)24/h3-6,13H,2,7-12H2,1H3,(H2,19,24)/t13-/m1/s1. The van der Waals surface area contributed by atoms with Crippen molar-refractivity contribution in [2.45, 2.75) is 39.3 Å². The number of carbonyl (C=O) groups excluding carboxylic acids is 2. The lowest BCUT2D eigenvalue weighted by Gasteiger charge is -2.16. The molecule has 1 aromatic carbocycles. The Morgan fingerprint density at radius 1 is 1.16 bits per heavy atom. The topological polar surface area (TPSA) is 90.3 Å². The summed E-state index contributed by atoms with van der Waals surface area (Å²) < 4.78 is 3.43.